The van der Waals surface area contributed by atoms with Crippen LogP contribution in [0.2, 0.25) is 0 Å². The van der Waals surface area contributed by atoms with E-state index in [4.69, 9.17) is 30.3 Å². The Morgan fingerprint density at radius 3 is 1.44 bits per heavy atom. The third-order valence-corrected chi connectivity index (χ3v) is 0.577. The summed E-state index contributed by atoms with van der Waals surface area (Å²) in [5.74, 6) is 0. The van der Waals surface area contributed by atoms with E-state index in [2.05, 4.69) is 0 Å². The van der Waals surface area contributed by atoms with Gasteiger partial charge in [-0.2, -0.15) is 7.05 Å². The molecular formula is C4H10Cl2N2Pt. The molecule has 9 heavy (non-hydrogen) atoms. The van der Waals surface area contributed by atoms with E-state index in [1.54, 1.807) is 0 Å². The predicted octanol–water partition coefficient (Wildman–Crippen LogP) is 3.25. The summed E-state index contributed by atoms with van der Waals surface area (Å²) in [5.41, 5.74) is 12.4. The average Bonchev–Trinajstić information content (AvgIpc) is 2.59. The molecule has 2 nitrogen and oxygen atoms in total. The molecule has 0 aromatic rings. The second kappa shape index (κ2) is 11.9. The van der Waals surface area contributed by atoms with E-state index in [0.29, 0.717) is 6.04 Å². The Balaban J connectivity index is 0. The maximum atomic E-state index is 6.69. The minimum atomic E-state index is -0.472. The Kier molecular flexibility index (Phi) is 17.0. The smallest absolute Gasteiger partial charge is 0.0710 e. The van der Waals surface area contributed by atoms with Crippen LogP contribution in [0.3, 0.4) is 0 Å². The fourth-order valence-electron chi connectivity index (χ4n) is 0.0833. The van der Waals surface area contributed by atoms with Crippen LogP contribution in [0.5, 0.6) is 0 Å². The minimum Gasteiger partial charge on any atom is -0.675 e. The molecule has 0 heterocycles. The van der Waals surface area contributed by atoms with Gasteiger partial charge in [0.1, 0.15) is 0 Å². The second-order valence-corrected chi connectivity index (χ2v) is 4.60. The molecule has 0 aromatic heterocycles. The van der Waals surface area contributed by atoms with Crippen LogP contribution in [-0.2, 0) is 16.5 Å². The van der Waals surface area contributed by atoms with E-state index in [0.717, 1.165) is 12.8 Å². The first-order valence-corrected chi connectivity index (χ1v) is 7.98. The Hall–Kier alpha value is 1.19. The van der Waals surface area contributed by atoms with Crippen molar-refractivity contribution in [3.63, 3.8) is 0 Å². The number of hydrogen-bond donors (Lipinski definition) is 0. The van der Waals surface area contributed by atoms with Gasteiger partial charge in [-0.15, -0.1) is 6.04 Å². The first kappa shape index (κ1) is 12.8. The summed E-state index contributed by atoms with van der Waals surface area (Å²) >= 11 is -0.472. The first-order chi connectivity index (χ1) is 4.31. The molecule has 5 heteroatoms. The van der Waals surface area contributed by atoms with Crippen molar-refractivity contribution in [1.29, 1.82) is 0 Å². The van der Waals surface area contributed by atoms with Gasteiger partial charge in [-0.25, -0.2) is 0 Å². The summed E-state index contributed by atoms with van der Waals surface area (Å²) < 4.78 is 0. The van der Waals surface area contributed by atoms with E-state index in [-0.39, 0.29) is 0 Å². The minimum absolute atomic E-state index is 0.333. The standard InChI is InChI=1S/C3H6N.CH4N.2ClH.Pt/c4-3-1-2-3;1-2;;;/h3-4H,1-2H2;2H,1H3;2*1H;/q2*-1;;;+4/p-2. The molecule has 60 valence electrons. The van der Waals surface area contributed by atoms with E-state index in [1.165, 1.54) is 7.05 Å². The Morgan fingerprint density at radius 2 is 1.44 bits per heavy atom. The molecule has 0 saturated heterocycles. The first-order valence-electron chi connectivity index (χ1n) is 2.34. The molecule has 1 saturated carbocycles. The Bertz CT molecular complexity index is 43.5. The molecule has 0 aliphatic heterocycles. The molecule has 1 fully saturated rings. The molecule has 0 bridgehead atoms. The number of halogens is 2. The molecule has 0 unspecified atom stereocenters. The number of rotatable bonds is 0. The topological polar surface area (TPSA) is 47.6 Å². The zero-order valence-electron chi connectivity index (χ0n) is 5.06. The van der Waals surface area contributed by atoms with Crippen LogP contribution in [0.25, 0.3) is 11.5 Å². The van der Waals surface area contributed by atoms with Gasteiger partial charge in [0.15, 0.2) is 0 Å². The average molecular weight is 352 g/mol. The molecule has 1 aliphatic rings. The van der Waals surface area contributed by atoms with E-state index >= 15 is 0 Å². The van der Waals surface area contributed by atoms with Crippen molar-refractivity contribution in [2.45, 2.75) is 18.9 Å². The van der Waals surface area contributed by atoms with Gasteiger partial charge in [0.2, 0.25) is 0 Å². The summed E-state index contributed by atoms with van der Waals surface area (Å²) in [4.78, 5) is 0. The zero-order valence-corrected chi connectivity index (χ0v) is 8.85. The van der Waals surface area contributed by atoms with E-state index < -0.39 is 16.5 Å². The van der Waals surface area contributed by atoms with E-state index in [9.17, 15) is 0 Å². The van der Waals surface area contributed by atoms with Gasteiger partial charge in [0, 0.05) is 0 Å². The molecule has 2 N–H and O–H groups in total. The third-order valence-electron chi connectivity index (χ3n) is 0.577. The zero-order chi connectivity index (χ0) is 7.70. The van der Waals surface area contributed by atoms with Gasteiger partial charge < -0.3 is 11.5 Å². The van der Waals surface area contributed by atoms with Gasteiger partial charge in [0.25, 0.3) is 0 Å². The van der Waals surface area contributed by atoms with Crippen molar-refractivity contribution in [3.05, 3.63) is 11.5 Å². The number of nitrogens with one attached hydrogen (secondary N) is 2. The molecule has 0 amide bonds. The van der Waals surface area contributed by atoms with Gasteiger partial charge >= 0.3 is 35.3 Å². The van der Waals surface area contributed by atoms with Gasteiger partial charge in [-0.3, -0.25) is 0 Å². The van der Waals surface area contributed by atoms with Crippen LogP contribution in [0, 0.1) is 0 Å². The van der Waals surface area contributed by atoms with Crippen molar-refractivity contribution in [3.8, 4) is 0 Å². The molecule has 0 aromatic carbocycles. The number of hydrogen-bond acceptors (Lipinski definition) is 0. The fraction of sp³-hybridized carbons (Fsp3) is 1.00. The van der Waals surface area contributed by atoms with Gasteiger partial charge in [-0.05, 0) is 0 Å². The van der Waals surface area contributed by atoms with Crippen molar-refractivity contribution in [1.82, 2.24) is 0 Å². The fourth-order valence-corrected chi connectivity index (χ4v) is 0.0833. The van der Waals surface area contributed by atoms with Gasteiger partial charge in [-0.1, -0.05) is 12.8 Å². The Labute approximate surface area is 72.6 Å². The summed E-state index contributed by atoms with van der Waals surface area (Å²) in [6.07, 6.45) is 2.31. The van der Waals surface area contributed by atoms with Crippen molar-refractivity contribution in [2.75, 3.05) is 7.05 Å². The van der Waals surface area contributed by atoms with Crippen molar-refractivity contribution < 1.29 is 16.5 Å². The normalized spacial score (nSPS) is 14.8. The summed E-state index contributed by atoms with van der Waals surface area (Å²) in [7, 11) is 11.0. The maximum Gasteiger partial charge on any atom is -0.0710 e. The molecule has 0 atom stereocenters. The molecule has 0 radical (unpaired) electrons. The molecule has 1 rings (SSSR count). The van der Waals surface area contributed by atoms with Crippen LogP contribution >= 0.6 is 18.8 Å². The van der Waals surface area contributed by atoms with Crippen LogP contribution in [-0.4, -0.2) is 13.1 Å². The van der Waals surface area contributed by atoms with Crippen LogP contribution in [0.4, 0.5) is 0 Å². The predicted molar refractivity (Wildman–Crippen MR) is 39.3 cm³/mol. The van der Waals surface area contributed by atoms with Crippen LogP contribution in [0.1, 0.15) is 12.8 Å². The van der Waals surface area contributed by atoms with Crippen LogP contribution < -0.4 is 0 Å². The Morgan fingerprint density at radius 1 is 1.33 bits per heavy atom. The summed E-state index contributed by atoms with van der Waals surface area (Å²) in [6.45, 7) is 0. The quantitative estimate of drug-likeness (QED) is 0.643. The van der Waals surface area contributed by atoms with Crippen LogP contribution in [0.15, 0.2) is 0 Å². The van der Waals surface area contributed by atoms with E-state index in [1.807, 2.05) is 0 Å². The third kappa shape index (κ3) is 27.1. The summed E-state index contributed by atoms with van der Waals surface area (Å²) in [6, 6.07) is 0.333. The molecule has 1 aliphatic carbocycles. The largest absolute Gasteiger partial charge is 0.675 e. The van der Waals surface area contributed by atoms with Gasteiger partial charge in [0.05, 0.1) is 0 Å². The van der Waals surface area contributed by atoms with Crippen molar-refractivity contribution >= 4 is 18.8 Å². The van der Waals surface area contributed by atoms with Crippen molar-refractivity contribution in [2.24, 2.45) is 0 Å². The SMILES string of the molecule is C[NH-].[Cl][Pt+2][Cl].[NH-]C1CC1. The monoisotopic (exact) mass is 351 g/mol. The maximum absolute atomic E-state index is 6.69. The molecule has 0 spiro atoms. The molecular weight excluding hydrogens is 342 g/mol. The second-order valence-electron chi connectivity index (χ2n) is 1.32. The summed E-state index contributed by atoms with van der Waals surface area (Å²) in [5, 5.41) is 0.